The maximum absolute atomic E-state index is 11.9. The molecule has 1 aliphatic rings. The van der Waals surface area contributed by atoms with Crippen LogP contribution < -0.4 is 4.74 Å². The Bertz CT molecular complexity index is 388. The van der Waals surface area contributed by atoms with Gasteiger partial charge in [-0.25, -0.2) is 0 Å². The Kier molecular flexibility index (Phi) is 2.29. The third kappa shape index (κ3) is 1.89. The first-order valence-corrected chi connectivity index (χ1v) is 5.27. The van der Waals surface area contributed by atoms with Crippen molar-refractivity contribution in [1.82, 2.24) is 0 Å². The SMILES string of the molecule is CC(C)(C)C1CC(=O)c2ccccc2O1. The topological polar surface area (TPSA) is 26.3 Å². The number of hydrogen-bond acceptors (Lipinski definition) is 2. The molecule has 0 N–H and O–H groups in total. The normalized spacial score (nSPS) is 20.7. The second-order valence-corrected chi connectivity index (χ2v) is 5.10. The Balaban J connectivity index is 2.35. The average Bonchev–Trinajstić information content (AvgIpc) is 2.16. The van der Waals surface area contributed by atoms with Crippen molar-refractivity contribution < 1.29 is 9.53 Å². The van der Waals surface area contributed by atoms with Gasteiger partial charge in [-0.3, -0.25) is 4.79 Å². The molecule has 1 unspecified atom stereocenters. The van der Waals surface area contributed by atoms with E-state index in [2.05, 4.69) is 20.8 Å². The third-order valence-electron chi connectivity index (χ3n) is 2.79. The largest absolute Gasteiger partial charge is 0.489 e. The summed E-state index contributed by atoms with van der Waals surface area (Å²) in [5, 5.41) is 0. The third-order valence-corrected chi connectivity index (χ3v) is 2.79. The number of fused-ring (bicyclic) bond motifs is 1. The lowest BCUT2D eigenvalue weighted by Crippen LogP contribution is -2.37. The number of para-hydroxylation sites is 1. The van der Waals surface area contributed by atoms with Crippen LogP contribution in [0.5, 0.6) is 5.75 Å². The minimum absolute atomic E-state index is 0.00317. The summed E-state index contributed by atoms with van der Waals surface area (Å²) in [6.07, 6.45) is 0.473. The highest BCUT2D eigenvalue weighted by Gasteiger charge is 2.34. The van der Waals surface area contributed by atoms with Crippen molar-refractivity contribution in [2.75, 3.05) is 0 Å². The van der Waals surface area contributed by atoms with Gasteiger partial charge in [0.25, 0.3) is 0 Å². The molecule has 0 spiro atoms. The summed E-state index contributed by atoms with van der Waals surface area (Å²) in [5.74, 6) is 0.922. The van der Waals surface area contributed by atoms with Gasteiger partial charge in [-0.05, 0) is 17.5 Å². The molecule has 80 valence electrons. The predicted octanol–water partition coefficient (Wildman–Crippen LogP) is 3.07. The number of ether oxygens (including phenoxy) is 1. The van der Waals surface area contributed by atoms with Gasteiger partial charge in [-0.1, -0.05) is 32.9 Å². The zero-order valence-corrected chi connectivity index (χ0v) is 9.41. The summed E-state index contributed by atoms with van der Waals surface area (Å²) in [4.78, 5) is 11.9. The Hall–Kier alpha value is -1.31. The molecular weight excluding hydrogens is 188 g/mol. The highest BCUT2D eigenvalue weighted by atomic mass is 16.5. The van der Waals surface area contributed by atoms with Crippen LogP contribution in [-0.2, 0) is 0 Å². The summed E-state index contributed by atoms with van der Waals surface area (Å²) in [5.41, 5.74) is 0.724. The first kappa shape index (κ1) is 10.2. The number of benzene rings is 1. The second kappa shape index (κ2) is 3.37. The van der Waals surface area contributed by atoms with Gasteiger partial charge in [-0.15, -0.1) is 0 Å². The number of Topliss-reactive ketones (excluding diaryl/α,β-unsaturated/α-hetero) is 1. The summed E-state index contributed by atoms with van der Waals surface area (Å²) in [6, 6.07) is 7.47. The van der Waals surface area contributed by atoms with Crippen molar-refractivity contribution >= 4 is 5.78 Å². The van der Waals surface area contributed by atoms with Crippen LogP contribution in [0.4, 0.5) is 0 Å². The number of carbonyl (C=O) groups excluding carboxylic acids is 1. The second-order valence-electron chi connectivity index (χ2n) is 5.10. The van der Waals surface area contributed by atoms with Crippen LogP contribution >= 0.6 is 0 Å². The number of rotatable bonds is 0. The molecular formula is C13H16O2. The Labute approximate surface area is 90.3 Å². The molecule has 1 atom stereocenters. The van der Waals surface area contributed by atoms with Crippen molar-refractivity contribution in [3.8, 4) is 5.75 Å². The van der Waals surface area contributed by atoms with E-state index in [1.165, 1.54) is 0 Å². The predicted molar refractivity (Wildman–Crippen MR) is 59.3 cm³/mol. The molecule has 0 amide bonds. The van der Waals surface area contributed by atoms with Crippen LogP contribution in [0.25, 0.3) is 0 Å². The summed E-state index contributed by atoms with van der Waals surface area (Å²) < 4.78 is 5.85. The van der Waals surface area contributed by atoms with E-state index >= 15 is 0 Å². The van der Waals surface area contributed by atoms with E-state index in [4.69, 9.17) is 4.74 Å². The molecule has 2 heteroatoms. The molecule has 15 heavy (non-hydrogen) atoms. The zero-order valence-electron chi connectivity index (χ0n) is 9.41. The number of carbonyl (C=O) groups is 1. The Morgan fingerprint density at radius 1 is 1.27 bits per heavy atom. The van der Waals surface area contributed by atoms with E-state index in [9.17, 15) is 4.79 Å². The van der Waals surface area contributed by atoms with Gasteiger partial charge in [0.1, 0.15) is 11.9 Å². The van der Waals surface area contributed by atoms with E-state index in [0.29, 0.717) is 6.42 Å². The van der Waals surface area contributed by atoms with Gasteiger partial charge in [0.05, 0.1) is 5.56 Å². The smallest absolute Gasteiger partial charge is 0.170 e. The minimum atomic E-state index is -0.0140. The fourth-order valence-corrected chi connectivity index (χ4v) is 1.76. The fraction of sp³-hybridized carbons (Fsp3) is 0.462. The van der Waals surface area contributed by atoms with E-state index in [1.807, 2.05) is 24.3 Å². The van der Waals surface area contributed by atoms with Crippen LogP contribution in [0.1, 0.15) is 37.6 Å². The van der Waals surface area contributed by atoms with Gasteiger partial charge in [0.15, 0.2) is 5.78 Å². The molecule has 2 nitrogen and oxygen atoms in total. The lowest BCUT2D eigenvalue weighted by atomic mass is 9.83. The van der Waals surface area contributed by atoms with Crippen molar-refractivity contribution in [3.05, 3.63) is 29.8 Å². The molecule has 0 aliphatic carbocycles. The quantitative estimate of drug-likeness (QED) is 0.649. The first-order valence-electron chi connectivity index (χ1n) is 5.27. The monoisotopic (exact) mass is 204 g/mol. The molecule has 0 bridgehead atoms. The van der Waals surface area contributed by atoms with Crippen LogP contribution in [0.3, 0.4) is 0 Å². The van der Waals surface area contributed by atoms with Crippen LogP contribution in [0.2, 0.25) is 0 Å². The van der Waals surface area contributed by atoms with Crippen molar-refractivity contribution in [1.29, 1.82) is 0 Å². The van der Waals surface area contributed by atoms with E-state index in [1.54, 1.807) is 0 Å². The van der Waals surface area contributed by atoms with Crippen LogP contribution in [-0.4, -0.2) is 11.9 Å². The summed E-state index contributed by atoms with van der Waals surface area (Å²) >= 11 is 0. The lowest BCUT2D eigenvalue weighted by Gasteiger charge is -2.34. The fourth-order valence-electron chi connectivity index (χ4n) is 1.76. The number of ketones is 1. The molecule has 0 aromatic heterocycles. The van der Waals surface area contributed by atoms with Gasteiger partial charge in [0.2, 0.25) is 0 Å². The zero-order chi connectivity index (χ0) is 11.1. The molecule has 1 heterocycles. The molecule has 0 saturated carbocycles. The molecule has 0 fully saturated rings. The van der Waals surface area contributed by atoms with Crippen LogP contribution in [0, 0.1) is 5.41 Å². The minimum Gasteiger partial charge on any atom is -0.489 e. The maximum Gasteiger partial charge on any atom is 0.170 e. The van der Waals surface area contributed by atoms with E-state index < -0.39 is 0 Å². The molecule has 0 saturated heterocycles. The number of hydrogen-bond donors (Lipinski definition) is 0. The maximum atomic E-state index is 11.9. The highest BCUT2D eigenvalue weighted by Crippen LogP contribution is 2.34. The summed E-state index contributed by atoms with van der Waals surface area (Å²) in [6.45, 7) is 6.29. The van der Waals surface area contributed by atoms with Gasteiger partial charge in [-0.2, -0.15) is 0 Å². The van der Waals surface area contributed by atoms with Crippen molar-refractivity contribution in [2.24, 2.45) is 5.41 Å². The van der Waals surface area contributed by atoms with Crippen LogP contribution in [0.15, 0.2) is 24.3 Å². The summed E-state index contributed by atoms with van der Waals surface area (Å²) in [7, 11) is 0. The van der Waals surface area contributed by atoms with Crippen molar-refractivity contribution in [2.45, 2.75) is 33.3 Å². The Morgan fingerprint density at radius 3 is 2.60 bits per heavy atom. The molecule has 0 radical (unpaired) electrons. The van der Waals surface area contributed by atoms with Crippen molar-refractivity contribution in [3.63, 3.8) is 0 Å². The molecule has 1 aromatic rings. The first-order chi connectivity index (χ1) is 6.98. The standard InChI is InChI=1S/C13H16O2/c1-13(2,3)12-8-10(14)9-6-4-5-7-11(9)15-12/h4-7,12H,8H2,1-3H3. The van der Waals surface area contributed by atoms with Gasteiger partial charge in [0, 0.05) is 6.42 Å². The Morgan fingerprint density at radius 2 is 1.93 bits per heavy atom. The molecule has 1 aliphatic heterocycles. The molecule has 1 aromatic carbocycles. The highest BCUT2D eigenvalue weighted by molar-refractivity contribution is 5.99. The lowest BCUT2D eigenvalue weighted by molar-refractivity contribution is 0.0544. The average molecular weight is 204 g/mol. The van der Waals surface area contributed by atoms with E-state index in [-0.39, 0.29) is 17.3 Å². The van der Waals surface area contributed by atoms with E-state index in [0.717, 1.165) is 11.3 Å². The molecule has 2 rings (SSSR count). The van der Waals surface area contributed by atoms with Gasteiger partial charge < -0.3 is 4.74 Å². The van der Waals surface area contributed by atoms with Gasteiger partial charge >= 0.3 is 0 Å².